The number of carbonyl (C=O) groups is 2. The van der Waals surface area contributed by atoms with Gasteiger partial charge in [0.05, 0.1) is 19.1 Å². The number of ketones is 2. The van der Waals surface area contributed by atoms with Gasteiger partial charge in [0.1, 0.15) is 30.5 Å². The normalized spacial score (nSPS) is 25.4. The third-order valence-electron chi connectivity index (χ3n) is 4.48. The van der Waals surface area contributed by atoms with Crippen LogP contribution in [0.1, 0.15) is 26.2 Å². The van der Waals surface area contributed by atoms with Crippen molar-refractivity contribution < 1.29 is 28.5 Å². The summed E-state index contributed by atoms with van der Waals surface area (Å²) in [5.41, 5.74) is 0. The molecule has 0 saturated heterocycles. The van der Waals surface area contributed by atoms with Crippen LogP contribution in [0.15, 0.2) is 36.3 Å². The average molecular weight is 346 g/mol. The minimum Gasteiger partial charge on any atom is -0.497 e. The van der Waals surface area contributed by atoms with Gasteiger partial charge in [0.2, 0.25) is 11.5 Å². The van der Waals surface area contributed by atoms with E-state index in [-0.39, 0.29) is 42.1 Å². The van der Waals surface area contributed by atoms with Crippen LogP contribution in [0.25, 0.3) is 0 Å². The number of fused-ring (bicyclic) bond motifs is 1. The van der Waals surface area contributed by atoms with Crippen molar-refractivity contribution in [2.75, 3.05) is 13.7 Å². The van der Waals surface area contributed by atoms with E-state index in [1.807, 2.05) is 0 Å². The molecule has 3 unspecified atom stereocenters. The lowest BCUT2D eigenvalue weighted by Gasteiger charge is -2.37. The first-order chi connectivity index (χ1) is 12.1. The summed E-state index contributed by atoms with van der Waals surface area (Å²) in [6.45, 7) is 1.61. The zero-order valence-electron chi connectivity index (χ0n) is 14.4. The highest BCUT2D eigenvalue weighted by Crippen LogP contribution is 2.35. The van der Waals surface area contributed by atoms with Crippen LogP contribution in [0.5, 0.6) is 11.5 Å². The summed E-state index contributed by atoms with van der Waals surface area (Å²) in [6, 6.07) is 7.02. The Morgan fingerprint density at radius 2 is 1.92 bits per heavy atom. The first-order valence-electron chi connectivity index (χ1n) is 8.39. The first kappa shape index (κ1) is 17.5. The molecule has 0 amide bonds. The first-order valence-corrected chi connectivity index (χ1v) is 8.39. The molecule has 0 bridgehead atoms. The second kappa shape index (κ2) is 7.70. The molecular formula is C19H22O6. The van der Waals surface area contributed by atoms with Gasteiger partial charge in [-0.15, -0.1) is 0 Å². The largest absolute Gasteiger partial charge is 0.497 e. The fraction of sp³-hybridized carbons (Fsp3) is 0.474. The number of rotatable bonds is 6. The van der Waals surface area contributed by atoms with Gasteiger partial charge in [-0.1, -0.05) is 0 Å². The molecule has 1 aromatic carbocycles. The topological polar surface area (TPSA) is 71.1 Å². The molecule has 1 heterocycles. The summed E-state index contributed by atoms with van der Waals surface area (Å²) in [5.74, 6) is 1.22. The van der Waals surface area contributed by atoms with E-state index in [2.05, 4.69) is 0 Å². The van der Waals surface area contributed by atoms with Crippen LogP contribution in [0, 0.1) is 5.92 Å². The molecule has 1 saturated carbocycles. The maximum atomic E-state index is 12.7. The highest BCUT2D eigenvalue weighted by Gasteiger charge is 2.41. The molecule has 3 rings (SSSR count). The second-order valence-corrected chi connectivity index (χ2v) is 6.35. The Balaban J connectivity index is 1.61. The van der Waals surface area contributed by atoms with Gasteiger partial charge in [-0.2, -0.15) is 0 Å². The summed E-state index contributed by atoms with van der Waals surface area (Å²) < 4.78 is 22.1. The van der Waals surface area contributed by atoms with Crippen molar-refractivity contribution in [2.24, 2.45) is 5.92 Å². The summed E-state index contributed by atoms with van der Waals surface area (Å²) >= 11 is 0. The fourth-order valence-corrected chi connectivity index (χ4v) is 3.16. The molecule has 1 fully saturated rings. The van der Waals surface area contributed by atoms with E-state index >= 15 is 0 Å². The second-order valence-electron chi connectivity index (χ2n) is 6.35. The van der Waals surface area contributed by atoms with E-state index in [1.165, 1.54) is 13.2 Å². The zero-order chi connectivity index (χ0) is 17.8. The van der Waals surface area contributed by atoms with Gasteiger partial charge in [-0.25, -0.2) is 0 Å². The highest BCUT2D eigenvalue weighted by molar-refractivity contribution is 5.96. The number of hydrogen-bond acceptors (Lipinski definition) is 6. The van der Waals surface area contributed by atoms with Gasteiger partial charge in [0.25, 0.3) is 0 Å². The molecule has 1 aliphatic heterocycles. The Morgan fingerprint density at radius 1 is 1.20 bits per heavy atom. The van der Waals surface area contributed by atoms with Gasteiger partial charge in [-0.3, -0.25) is 9.59 Å². The molecule has 6 heteroatoms. The predicted octanol–water partition coefficient (Wildman–Crippen LogP) is 2.66. The van der Waals surface area contributed by atoms with Gasteiger partial charge >= 0.3 is 0 Å². The minimum atomic E-state index is -0.226. The van der Waals surface area contributed by atoms with Crippen molar-refractivity contribution in [1.82, 2.24) is 0 Å². The summed E-state index contributed by atoms with van der Waals surface area (Å²) in [6.07, 6.45) is 3.13. The molecule has 134 valence electrons. The number of allylic oxidation sites excluding steroid dienone is 1. The van der Waals surface area contributed by atoms with Crippen LogP contribution in [-0.2, 0) is 19.1 Å². The molecule has 0 aromatic heterocycles. The Bertz CT molecular complexity index is 663. The van der Waals surface area contributed by atoms with Crippen LogP contribution in [0.2, 0.25) is 0 Å². The molecule has 2 aliphatic rings. The molecule has 3 atom stereocenters. The van der Waals surface area contributed by atoms with Gasteiger partial charge in [-0.05, 0) is 44.0 Å². The number of benzene rings is 1. The van der Waals surface area contributed by atoms with Crippen LogP contribution in [0.3, 0.4) is 0 Å². The third-order valence-corrected chi connectivity index (χ3v) is 4.48. The van der Waals surface area contributed by atoms with Crippen LogP contribution in [0.4, 0.5) is 0 Å². The minimum absolute atomic E-state index is 0.00200. The molecule has 0 N–H and O–H groups in total. The molecule has 1 aromatic rings. The fourth-order valence-electron chi connectivity index (χ4n) is 3.16. The van der Waals surface area contributed by atoms with Crippen molar-refractivity contribution >= 4 is 11.6 Å². The Labute approximate surface area is 146 Å². The lowest BCUT2D eigenvalue weighted by atomic mass is 9.80. The SMILES string of the molecule is COc1ccc(OC2=COC3CC(OCC(C)=O)CCC3C2=O)cc1. The number of carbonyl (C=O) groups excluding carboxylic acids is 2. The quantitative estimate of drug-likeness (QED) is 0.789. The lowest BCUT2D eigenvalue weighted by molar-refractivity contribution is -0.136. The van der Waals surface area contributed by atoms with Crippen LogP contribution in [-0.4, -0.2) is 37.5 Å². The van der Waals surface area contributed by atoms with Gasteiger partial charge in [0, 0.05) is 6.42 Å². The molecular weight excluding hydrogens is 324 g/mol. The summed E-state index contributed by atoms with van der Waals surface area (Å²) in [4.78, 5) is 23.7. The van der Waals surface area contributed by atoms with Gasteiger partial charge < -0.3 is 18.9 Å². The van der Waals surface area contributed by atoms with Crippen molar-refractivity contribution in [3.8, 4) is 11.5 Å². The monoisotopic (exact) mass is 346 g/mol. The highest BCUT2D eigenvalue weighted by atomic mass is 16.5. The Hall–Kier alpha value is -2.34. The predicted molar refractivity (Wildman–Crippen MR) is 89.3 cm³/mol. The maximum absolute atomic E-state index is 12.7. The van der Waals surface area contributed by atoms with Crippen LogP contribution >= 0.6 is 0 Å². The standard InChI is InChI=1S/C19H22O6/c1-12(20)10-23-15-7-8-16-17(9-15)24-11-18(19(16)21)25-14-5-3-13(22-2)4-6-14/h3-6,11,15-17H,7-10H2,1-2H3. The van der Waals surface area contributed by atoms with Gasteiger partial charge in [0.15, 0.2) is 5.78 Å². The maximum Gasteiger partial charge on any atom is 0.207 e. The van der Waals surface area contributed by atoms with E-state index in [4.69, 9.17) is 18.9 Å². The number of methoxy groups -OCH3 is 1. The molecule has 0 radical (unpaired) electrons. The smallest absolute Gasteiger partial charge is 0.207 e. The van der Waals surface area contributed by atoms with Crippen LogP contribution < -0.4 is 9.47 Å². The van der Waals surface area contributed by atoms with E-state index < -0.39 is 0 Å². The molecule has 0 spiro atoms. The zero-order valence-corrected chi connectivity index (χ0v) is 14.4. The van der Waals surface area contributed by atoms with Crippen molar-refractivity contribution in [3.63, 3.8) is 0 Å². The Kier molecular flexibility index (Phi) is 5.38. The number of Topliss-reactive ketones (excluding diaryl/α,β-unsaturated/α-hetero) is 2. The lowest BCUT2D eigenvalue weighted by Crippen LogP contribution is -2.42. The Morgan fingerprint density at radius 3 is 2.60 bits per heavy atom. The molecule has 1 aliphatic carbocycles. The van der Waals surface area contributed by atoms with E-state index in [9.17, 15) is 9.59 Å². The van der Waals surface area contributed by atoms with Crippen molar-refractivity contribution in [3.05, 3.63) is 36.3 Å². The van der Waals surface area contributed by atoms with E-state index in [0.29, 0.717) is 18.6 Å². The van der Waals surface area contributed by atoms with Crippen molar-refractivity contribution in [2.45, 2.75) is 38.4 Å². The summed E-state index contributed by atoms with van der Waals surface area (Å²) in [5, 5.41) is 0. The van der Waals surface area contributed by atoms with Crippen molar-refractivity contribution in [1.29, 1.82) is 0 Å². The molecule has 25 heavy (non-hydrogen) atoms. The molecule has 6 nitrogen and oxygen atoms in total. The van der Waals surface area contributed by atoms with E-state index in [1.54, 1.807) is 31.4 Å². The number of hydrogen-bond donors (Lipinski definition) is 0. The summed E-state index contributed by atoms with van der Waals surface area (Å²) in [7, 11) is 1.59. The van der Waals surface area contributed by atoms with E-state index in [0.717, 1.165) is 12.2 Å². The third kappa shape index (κ3) is 4.20. The average Bonchev–Trinajstić information content (AvgIpc) is 2.63. The number of ether oxygens (including phenoxy) is 4.